The third-order valence-electron chi connectivity index (χ3n) is 3.29. The minimum atomic E-state index is -1.21. The van der Waals surface area contributed by atoms with Gasteiger partial charge in [0.2, 0.25) is 11.8 Å². The summed E-state index contributed by atoms with van der Waals surface area (Å²) < 4.78 is 0. The number of benzene rings is 1. The molecule has 3 amide bonds. The Morgan fingerprint density at radius 1 is 1.42 bits per heavy atom. The summed E-state index contributed by atoms with van der Waals surface area (Å²) in [7, 11) is 0. The van der Waals surface area contributed by atoms with Crippen LogP contribution in [0.25, 0.3) is 10.4 Å². The van der Waals surface area contributed by atoms with Gasteiger partial charge in [0.1, 0.15) is 17.4 Å². The first-order chi connectivity index (χ1) is 11.4. The maximum absolute atomic E-state index is 12.3. The molecule has 1 aliphatic rings. The fourth-order valence-electron chi connectivity index (χ4n) is 2.27. The molecule has 1 aromatic rings. The van der Waals surface area contributed by atoms with E-state index in [0.29, 0.717) is 0 Å². The summed E-state index contributed by atoms with van der Waals surface area (Å²) >= 11 is 0. The van der Waals surface area contributed by atoms with Crippen LogP contribution in [0.3, 0.4) is 0 Å². The van der Waals surface area contributed by atoms with Crippen molar-refractivity contribution >= 4 is 29.1 Å². The number of rotatable bonds is 5. The molecule has 0 saturated carbocycles. The summed E-state index contributed by atoms with van der Waals surface area (Å²) in [5.74, 6) is -1.90. The van der Waals surface area contributed by atoms with Crippen molar-refractivity contribution in [2.24, 2.45) is 5.11 Å². The van der Waals surface area contributed by atoms with E-state index in [1.165, 1.54) is 12.1 Å². The monoisotopic (exact) mass is 331 g/mol. The number of amides is 3. The van der Waals surface area contributed by atoms with Gasteiger partial charge in [-0.25, -0.2) is 0 Å². The first-order valence-corrected chi connectivity index (χ1v) is 6.68. The topological polar surface area (TPSA) is 158 Å². The lowest BCUT2D eigenvalue weighted by molar-refractivity contribution is -0.384. The number of azide groups is 1. The van der Waals surface area contributed by atoms with E-state index >= 15 is 0 Å². The van der Waals surface area contributed by atoms with Gasteiger partial charge in [-0.1, -0.05) is 11.2 Å². The molecule has 1 radical (unpaired) electrons. The van der Waals surface area contributed by atoms with E-state index in [4.69, 9.17) is 5.53 Å². The zero-order valence-electron chi connectivity index (χ0n) is 12.2. The van der Waals surface area contributed by atoms with Crippen molar-refractivity contribution < 1.29 is 19.3 Å². The number of nitro benzene ring substituents is 1. The van der Waals surface area contributed by atoms with Gasteiger partial charge in [-0.05, 0) is 24.6 Å². The number of imide groups is 1. The van der Waals surface area contributed by atoms with Crippen LogP contribution in [0, 0.1) is 17.0 Å². The smallest absolute Gasteiger partial charge is 0.291 e. The maximum Gasteiger partial charge on any atom is 0.291 e. The van der Waals surface area contributed by atoms with Crippen molar-refractivity contribution in [2.75, 3.05) is 0 Å². The Balaban J connectivity index is 2.31. The molecule has 11 nitrogen and oxygen atoms in total. The number of nitrogens with one attached hydrogen (secondary N) is 1. The number of likely N-dealkylation sites (tertiary alicyclic amines) is 1. The number of hydrogen-bond donors (Lipinski definition) is 1. The quantitative estimate of drug-likeness (QED) is 0.216. The Morgan fingerprint density at radius 2 is 2.04 bits per heavy atom. The van der Waals surface area contributed by atoms with Gasteiger partial charge in [0, 0.05) is 17.8 Å². The average Bonchev–Trinajstić information content (AvgIpc) is 2.86. The first-order valence-electron chi connectivity index (χ1n) is 6.68. The lowest BCUT2D eigenvalue weighted by Crippen LogP contribution is -2.49. The van der Waals surface area contributed by atoms with Crippen molar-refractivity contribution in [1.29, 1.82) is 0 Å². The molecule has 11 heteroatoms. The van der Waals surface area contributed by atoms with Gasteiger partial charge in [0.05, 0.1) is 4.92 Å². The summed E-state index contributed by atoms with van der Waals surface area (Å²) in [6.45, 7) is 3.52. The van der Waals surface area contributed by atoms with Gasteiger partial charge in [-0.15, -0.1) is 0 Å². The molecule has 1 aromatic carbocycles. The van der Waals surface area contributed by atoms with Crippen LogP contribution in [0.1, 0.15) is 23.2 Å². The number of nitrogens with zero attached hydrogens (tertiary/aromatic N) is 5. The fourth-order valence-corrected chi connectivity index (χ4v) is 2.27. The number of hydrogen-bond acceptors (Lipinski definition) is 6. The number of carbonyl (C=O) groups is 3. The highest BCUT2D eigenvalue weighted by Crippen LogP contribution is 2.31. The highest BCUT2D eigenvalue weighted by atomic mass is 16.6. The van der Waals surface area contributed by atoms with Crippen LogP contribution >= 0.6 is 0 Å². The van der Waals surface area contributed by atoms with Crippen LogP contribution in [-0.2, 0) is 9.59 Å². The number of para-hydroxylation sites is 1. The largest absolute Gasteiger partial charge is 0.331 e. The Bertz CT molecular complexity index is 769. The zero-order chi connectivity index (χ0) is 17.9. The van der Waals surface area contributed by atoms with Crippen LogP contribution in [0.2, 0.25) is 0 Å². The molecule has 1 heterocycles. The molecule has 1 aliphatic heterocycles. The summed E-state index contributed by atoms with van der Waals surface area (Å²) in [6, 6.07) is 3.64. The molecule has 0 aliphatic carbocycles. The normalized spacial score (nSPS) is 15.0. The average molecular weight is 331 g/mol. The molecule has 1 fully saturated rings. The molecule has 2 rings (SSSR count). The van der Waals surface area contributed by atoms with E-state index in [2.05, 4.69) is 22.3 Å². The SMILES string of the molecule is [CH2]C(NC(=O)c1cccc(N=[N+]=[N-])c1[N+](=O)[O-])N1C(=O)CCC1=O. The van der Waals surface area contributed by atoms with E-state index in [1.807, 2.05) is 0 Å². The van der Waals surface area contributed by atoms with Crippen molar-refractivity contribution in [3.05, 3.63) is 51.2 Å². The standard InChI is InChI=1S/C13H11N6O5/c1-7(18-10(20)5-6-11(18)21)15-13(22)8-3-2-4-9(16-17-14)12(8)19(23)24/h2-4,7H,1,5-6H2,(H,15,22). The maximum atomic E-state index is 12.3. The fraction of sp³-hybridized carbons (Fsp3) is 0.231. The molecular formula is C13H11N6O5. The predicted molar refractivity (Wildman–Crippen MR) is 79.6 cm³/mol. The lowest BCUT2D eigenvalue weighted by Gasteiger charge is -2.23. The highest BCUT2D eigenvalue weighted by molar-refractivity contribution is 6.04. The molecule has 1 atom stereocenters. The van der Waals surface area contributed by atoms with E-state index in [9.17, 15) is 24.5 Å². The lowest BCUT2D eigenvalue weighted by atomic mass is 10.1. The molecule has 24 heavy (non-hydrogen) atoms. The van der Waals surface area contributed by atoms with Crippen molar-refractivity contribution in [3.8, 4) is 0 Å². The van der Waals surface area contributed by atoms with Crippen molar-refractivity contribution in [3.63, 3.8) is 0 Å². The van der Waals surface area contributed by atoms with Gasteiger partial charge >= 0.3 is 0 Å². The van der Waals surface area contributed by atoms with Gasteiger partial charge in [-0.3, -0.25) is 29.4 Å². The summed E-state index contributed by atoms with van der Waals surface area (Å²) in [4.78, 5) is 49.1. The first kappa shape index (κ1) is 16.9. The van der Waals surface area contributed by atoms with Gasteiger partial charge < -0.3 is 5.32 Å². The molecule has 1 N–H and O–H groups in total. The summed E-state index contributed by atoms with van der Waals surface area (Å²) in [6.07, 6.45) is -1.16. The minimum absolute atomic E-state index is 0.0211. The van der Waals surface area contributed by atoms with Crippen LogP contribution < -0.4 is 5.32 Å². The predicted octanol–water partition coefficient (Wildman–Crippen LogP) is 1.58. The van der Waals surface area contributed by atoms with Crippen LogP contribution in [0.4, 0.5) is 11.4 Å². The molecule has 0 bridgehead atoms. The Hall–Kier alpha value is -3.46. The Labute approximate surface area is 135 Å². The molecule has 1 unspecified atom stereocenters. The van der Waals surface area contributed by atoms with Crippen LogP contribution in [0.15, 0.2) is 23.3 Å². The third-order valence-corrected chi connectivity index (χ3v) is 3.29. The molecule has 123 valence electrons. The molecular weight excluding hydrogens is 320 g/mol. The number of carbonyl (C=O) groups excluding carboxylic acids is 3. The van der Waals surface area contributed by atoms with Gasteiger partial charge in [-0.2, -0.15) is 0 Å². The van der Waals surface area contributed by atoms with Crippen molar-refractivity contribution in [2.45, 2.75) is 19.0 Å². The van der Waals surface area contributed by atoms with E-state index in [1.54, 1.807) is 0 Å². The van der Waals surface area contributed by atoms with E-state index < -0.39 is 34.5 Å². The molecule has 0 aromatic heterocycles. The van der Waals surface area contributed by atoms with Crippen LogP contribution in [-0.4, -0.2) is 33.7 Å². The zero-order valence-corrected chi connectivity index (χ0v) is 12.2. The Morgan fingerprint density at radius 3 is 2.58 bits per heavy atom. The second-order valence-electron chi connectivity index (χ2n) is 4.77. The van der Waals surface area contributed by atoms with Gasteiger partial charge in [0.15, 0.2) is 0 Å². The van der Waals surface area contributed by atoms with Crippen molar-refractivity contribution in [1.82, 2.24) is 10.2 Å². The summed E-state index contributed by atoms with van der Waals surface area (Å²) in [5.41, 5.74) is 7.06. The molecule has 1 saturated heterocycles. The van der Waals surface area contributed by atoms with Gasteiger partial charge in [0.25, 0.3) is 11.6 Å². The van der Waals surface area contributed by atoms with Crippen LogP contribution in [0.5, 0.6) is 0 Å². The minimum Gasteiger partial charge on any atom is -0.331 e. The molecule has 0 spiro atoms. The number of nitro groups is 1. The third kappa shape index (κ3) is 3.15. The van der Waals surface area contributed by atoms with E-state index in [-0.39, 0.29) is 24.1 Å². The second-order valence-corrected chi connectivity index (χ2v) is 4.77. The highest BCUT2D eigenvalue weighted by Gasteiger charge is 2.34. The summed E-state index contributed by atoms with van der Waals surface area (Å²) in [5, 5.41) is 16.6. The Kier molecular flexibility index (Phi) is 4.76. The second kappa shape index (κ2) is 6.75. The van der Waals surface area contributed by atoms with E-state index in [0.717, 1.165) is 11.0 Å².